The summed E-state index contributed by atoms with van der Waals surface area (Å²) < 4.78 is 116. The number of hydrogen-bond donors (Lipinski definition) is 3. The van der Waals surface area contributed by atoms with Gasteiger partial charge < -0.3 is 47.5 Å². The molecule has 3 aromatic heterocycles. The van der Waals surface area contributed by atoms with Gasteiger partial charge in [0.05, 0.1) is 32.0 Å². The summed E-state index contributed by atoms with van der Waals surface area (Å²) in [6, 6.07) is 19.8. The van der Waals surface area contributed by atoms with Crippen molar-refractivity contribution in [2.75, 3.05) is 39.6 Å². The first kappa shape index (κ1) is 70.9. The van der Waals surface area contributed by atoms with Gasteiger partial charge in [-0.15, -0.1) is 0 Å². The van der Waals surface area contributed by atoms with Crippen molar-refractivity contribution in [2.45, 2.75) is 64.7 Å². The van der Waals surface area contributed by atoms with Gasteiger partial charge in [0.2, 0.25) is 6.29 Å². The Labute approximate surface area is 536 Å². The molecule has 0 amide bonds. The summed E-state index contributed by atoms with van der Waals surface area (Å²) in [5, 5.41) is 28.7. The van der Waals surface area contributed by atoms with Crippen LogP contribution in [0.3, 0.4) is 0 Å². The zero-order valence-corrected chi connectivity index (χ0v) is 52.0. The van der Waals surface area contributed by atoms with Crippen LogP contribution < -0.4 is 0 Å². The van der Waals surface area contributed by atoms with Gasteiger partial charge >= 0.3 is 12.1 Å². The molecule has 2 atom stereocenters. The summed E-state index contributed by atoms with van der Waals surface area (Å²) in [6.07, 6.45) is -3.50. The minimum Gasteiger partial charge on any atom is -0.478 e. The number of oxazole rings is 3. The fraction of sp³-hybridized carbons (Fsp3) is 0.271. The fourth-order valence-electron chi connectivity index (χ4n) is 8.40. The number of benzene rings is 6. The van der Waals surface area contributed by atoms with Gasteiger partial charge in [-0.2, -0.15) is 13.2 Å². The van der Waals surface area contributed by atoms with Crippen LogP contribution in [0.1, 0.15) is 85.7 Å². The number of ketones is 2. The van der Waals surface area contributed by atoms with Crippen molar-refractivity contribution in [1.29, 1.82) is 0 Å². The zero-order valence-electron chi connectivity index (χ0n) is 45.0. The van der Waals surface area contributed by atoms with Crippen molar-refractivity contribution in [3.05, 3.63) is 188 Å². The Morgan fingerprint density at radius 3 is 1.36 bits per heavy atom. The van der Waals surface area contributed by atoms with Gasteiger partial charge in [-0.1, -0.05) is 108 Å². The Morgan fingerprint density at radius 1 is 0.670 bits per heavy atom. The highest BCUT2D eigenvalue weighted by Gasteiger charge is 2.33. The molecule has 29 heteroatoms. The van der Waals surface area contributed by atoms with Crippen molar-refractivity contribution in [1.82, 2.24) is 15.0 Å². The second-order valence-corrected chi connectivity index (χ2v) is 23.1. The first-order valence-electron chi connectivity index (χ1n) is 25.2. The van der Waals surface area contributed by atoms with Crippen LogP contribution in [-0.2, 0) is 43.0 Å². The number of aldehydes is 1. The summed E-state index contributed by atoms with van der Waals surface area (Å²) in [5.74, 6) is -4.76. The topological polar surface area (TPSA) is 244 Å². The van der Waals surface area contributed by atoms with Crippen LogP contribution in [0.25, 0.3) is 33.3 Å². The van der Waals surface area contributed by atoms with Gasteiger partial charge in [0.25, 0.3) is 0 Å². The number of halogens is 12. The second-order valence-electron chi connectivity index (χ2n) is 19.1. The first-order chi connectivity index (χ1) is 41.2. The molecule has 2 unspecified atom stereocenters. The lowest BCUT2D eigenvalue weighted by atomic mass is 9.96. The minimum atomic E-state index is -4.64. The molecule has 0 aliphatic carbocycles. The van der Waals surface area contributed by atoms with Crippen molar-refractivity contribution in [2.24, 2.45) is 0 Å². The lowest BCUT2D eigenvalue weighted by molar-refractivity contribution is -0.156. The molecule has 9 aromatic rings. The van der Waals surface area contributed by atoms with Crippen LogP contribution in [0.15, 0.2) is 119 Å². The Kier molecular flexibility index (Phi) is 25.4. The minimum absolute atomic E-state index is 0. The zero-order chi connectivity index (χ0) is 63.5. The van der Waals surface area contributed by atoms with Crippen molar-refractivity contribution in [3.8, 4) is 0 Å². The number of carbonyl (C=O) groups excluding carboxylic acids is 3. The molecule has 1 aliphatic heterocycles. The third-order valence-corrected chi connectivity index (χ3v) is 15.0. The number of carboxylic acid groups (broad SMARTS) is 1. The fourth-order valence-corrected chi connectivity index (χ4v) is 10.6. The van der Waals surface area contributed by atoms with E-state index in [1.54, 1.807) is 48.5 Å². The molecule has 0 radical (unpaired) electrons. The van der Waals surface area contributed by atoms with Crippen LogP contribution in [0.2, 0.25) is 15.1 Å². The number of aromatic carboxylic acids is 1. The van der Waals surface area contributed by atoms with Crippen LogP contribution in [0.4, 0.5) is 26.3 Å². The van der Waals surface area contributed by atoms with Crippen molar-refractivity contribution < 1.29 is 93.0 Å². The summed E-state index contributed by atoms with van der Waals surface area (Å²) in [7, 11) is 0. The number of aromatic nitrogens is 3. The molecular formula is C59H49Br3Cl3F6N3O14. The molecule has 468 valence electrons. The highest BCUT2D eigenvalue weighted by Crippen LogP contribution is 2.34. The molecule has 17 nitrogen and oxygen atoms in total. The molecule has 1 aliphatic rings. The normalized spacial score (nSPS) is 13.8. The molecule has 0 spiro atoms. The molecule has 0 bridgehead atoms. The Bertz CT molecular complexity index is 3980. The average Bonchev–Trinajstić information content (AvgIpc) is 2.69. The Morgan fingerprint density at radius 2 is 1.03 bits per heavy atom. The summed E-state index contributed by atoms with van der Waals surface area (Å²) >= 11 is 28.6. The number of fused-ring (bicyclic) bond motifs is 3. The van der Waals surface area contributed by atoms with E-state index in [9.17, 15) is 42.2 Å². The lowest BCUT2D eigenvalue weighted by Crippen LogP contribution is -2.25. The van der Waals surface area contributed by atoms with E-state index < -0.39 is 66.8 Å². The predicted octanol–water partition coefficient (Wildman–Crippen LogP) is 14.9. The maximum Gasteiger partial charge on any atom is 0.446 e. The van der Waals surface area contributed by atoms with E-state index in [2.05, 4.69) is 62.7 Å². The largest absolute Gasteiger partial charge is 0.478 e. The lowest BCUT2D eigenvalue weighted by Gasteiger charge is -2.17. The van der Waals surface area contributed by atoms with E-state index >= 15 is 8.78 Å². The molecule has 0 saturated carbocycles. The average molecular weight is 1480 g/mol. The molecular weight excluding hydrogens is 1430 g/mol. The number of ether oxygens (including phenoxy) is 4. The van der Waals surface area contributed by atoms with E-state index in [-0.39, 0.29) is 125 Å². The van der Waals surface area contributed by atoms with Crippen LogP contribution in [0, 0.1) is 17.5 Å². The predicted molar refractivity (Wildman–Crippen MR) is 322 cm³/mol. The number of aliphatic hydroxyl groups is 2. The molecule has 1 saturated heterocycles. The number of rotatable bonds is 18. The maximum absolute atomic E-state index is 15.3. The van der Waals surface area contributed by atoms with E-state index in [1.807, 2.05) is 19.9 Å². The number of nitrogens with zero attached hydrogens (tertiary/aromatic N) is 3. The third kappa shape index (κ3) is 18.7. The van der Waals surface area contributed by atoms with E-state index in [1.165, 1.54) is 18.2 Å². The molecule has 1 fully saturated rings. The number of carbonyl (C=O) groups is 4. The van der Waals surface area contributed by atoms with Crippen LogP contribution in [0.5, 0.6) is 0 Å². The number of carboxylic acids is 1. The number of hydrogen-bond acceptors (Lipinski definition) is 16. The van der Waals surface area contributed by atoms with Gasteiger partial charge in [0.15, 0.2) is 70.7 Å². The summed E-state index contributed by atoms with van der Waals surface area (Å²) in [6.45, 7) is 2.87. The highest BCUT2D eigenvalue weighted by atomic mass is 79.9. The van der Waals surface area contributed by atoms with Gasteiger partial charge in [-0.3, -0.25) is 14.4 Å². The molecule has 6 aromatic carbocycles. The maximum atomic E-state index is 15.3. The molecule has 88 heavy (non-hydrogen) atoms. The molecule has 4 heterocycles. The van der Waals surface area contributed by atoms with Gasteiger partial charge in [0.1, 0.15) is 42.0 Å². The van der Waals surface area contributed by atoms with Gasteiger partial charge in [-0.05, 0) is 85.1 Å². The van der Waals surface area contributed by atoms with E-state index in [0.717, 1.165) is 32.6 Å². The van der Waals surface area contributed by atoms with E-state index in [0.29, 0.717) is 38.4 Å². The summed E-state index contributed by atoms with van der Waals surface area (Å²) in [5.41, 5.74) is 2.91. The Hall–Kier alpha value is -6.14. The van der Waals surface area contributed by atoms with Crippen LogP contribution >= 0.6 is 82.6 Å². The second kappa shape index (κ2) is 31.5. The SMILES string of the molecule is C.CC1(C)OCC(COCC(=O)c2cc3ocnc3c(F)c2Cc2ccc(Br)cc2Cl)O1.O=C(COCC(O)CO)c1cc2ocnc2c(F)c1Cc1ccc(Br)cc1Cl.O=C(O)c1cc2ocnc2c(F)c1Cc1ccc(Br)cc1Cl.O=CC(F)(F)F. The van der Waals surface area contributed by atoms with Crippen LogP contribution in [-0.4, -0.2) is 118 Å². The third-order valence-electron chi connectivity index (χ3n) is 12.5. The highest BCUT2D eigenvalue weighted by molar-refractivity contribution is 9.11. The first-order valence-corrected chi connectivity index (χ1v) is 28.7. The molecule has 3 N–H and O–H groups in total. The number of Topliss-reactive ketones (excluding diaryl/α,β-unsaturated/α-hetero) is 2. The monoisotopic (exact) mass is 1480 g/mol. The quantitative estimate of drug-likeness (QED) is 0.0411. The number of alkyl halides is 3. The summed E-state index contributed by atoms with van der Waals surface area (Å²) in [4.78, 5) is 57.3. The standard InChI is InChI=1S/C22H20BrClFNO5.C19H16BrClFNO5.C15H8BrClFNO3.C2HF3O.CH4/c1-22(2)30-9-14(31-22)8-28-10-18(27)15-7-19-21(26-11-29-19)20(25)16(15)5-12-3-4-13(23)6-17(12)24;20-11-2-1-10(15(21)4-11)3-14-13(16(26)8-27-7-12(25)6-24)5-17-19(18(14)22)23-9-28-17;16-8-2-1-7(11(17)4-8)3-9-10(15(20)21)5-12-14(13(9)18)19-6-22-12;3-2(4,5)1-6;/h3-4,6-7,11,14H,5,8-10H2,1-2H3;1-2,4-5,9,12,24-25H,3,6-8H2;1-2,4-6H,3H2,(H,20,21);1H;1H4. The number of aliphatic hydroxyl groups excluding tert-OH is 2. The smallest absolute Gasteiger partial charge is 0.446 e. The van der Waals surface area contributed by atoms with Crippen molar-refractivity contribution >= 4 is 140 Å². The van der Waals surface area contributed by atoms with Crippen molar-refractivity contribution in [3.63, 3.8) is 0 Å². The van der Waals surface area contributed by atoms with E-state index in [4.69, 9.17) is 76.9 Å². The van der Waals surface area contributed by atoms with Gasteiger partial charge in [0, 0.05) is 75.6 Å². The van der Waals surface area contributed by atoms with Gasteiger partial charge in [-0.25, -0.2) is 32.9 Å². The Balaban J connectivity index is 0.000000202. The molecule has 10 rings (SSSR count).